The van der Waals surface area contributed by atoms with E-state index in [0.717, 1.165) is 27.8 Å². The molecule has 0 saturated heterocycles. The number of anilines is 1. The maximum atomic E-state index is 13.6. The molecule has 0 aliphatic carbocycles. The fraction of sp³-hybridized carbons (Fsp3) is 0.357. The van der Waals surface area contributed by atoms with Crippen molar-refractivity contribution in [2.45, 2.75) is 26.8 Å². The molecule has 2 aromatic rings. The molecule has 1 aromatic heterocycles. The number of nitrogens with one attached hydrogen (secondary N) is 1. The van der Waals surface area contributed by atoms with Crippen molar-refractivity contribution in [1.29, 1.82) is 0 Å². The van der Waals surface area contributed by atoms with Crippen LogP contribution in [0.1, 0.15) is 23.9 Å². The molecule has 5 heteroatoms. The van der Waals surface area contributed by atoms with Gasteiger partial charge in [0.15, 0.2) is 0 Å². The third-order valence-corrected chi connectivity index (χ3v) is 3.99. The first-order chi connectivity index (χ1) is 9.02. The number of rotatable bonds is 4. The Kier molecular flexibility index (Phi) is 4.24. The fourth-order valence-corrected chi connectivity index (χ4v) is 2.72. The lowest BCUT2D eigenvalue weighted by atomic mass is 10.2. The smallest absolute Gasteiger partial charge is 0.146 e. The second-order valence-electron chi connectivity index (χ2n) is 4.52. The Morgan fingerprint density at radius 2 is 2.16 bits per heavy atom. The molecular formula is C14H17BrFN3. The second kappa shape index (κ2) is 5.74. The second-order valence-corrected chi connectivity index (χ2v) is 5.31. The number of hydrogen-bond donors (Lipinski definition) is 1. The summed E-state index contributed by atoms with van der Waals surface area (Å²) in [6, 6.07) is 5.05. The van der Waals surface area contributed by atoms with Crippen LogP contribution in [0.3, 0.4) is 0 Å². The zero-order chi connectivity index (χ0) is 14.0. The molecule has 0 spiro atoms. The van der Waals surface area contributed by atoms with E-state index in [1.165, 1.54) is 6.07 Å². The Hall–Kier alpha value is -1.36. The van der Waals surface area contributed by atoms with Crippen LogP contribution in [0.15, 0.2) is 22.7 Å². The SMILES string of the molecule is CCc1nn(C)c(CNc2cc(C)ccc2F)c1Br. The van der Waals surface area contributed by atoms with Gasteiger partial charge in [-0.05, 0) is 47.0 Å². The third-order valence-electron chi connectivity index (χ3n) is 3.07. The summed E-state index contributed by atoms with van der Waals surface area (Å²) in [6.45, 7) is 4.54. The summed E-state index contributed by atoms with van der Waals surface area (Å²) in [7, 11) is 1.90. The van der Waals surface area contributed by atoms with Crippen molar-refractivity contribution in [3.05, 3.63) is 45.4 Å². The topological polar surface area (TPSA) is 29.9 Å². The summed E-state index contributed by atoms with van der Waals surface area (Å²) in [5.41, 5.74) is 3.58. The molecule has 1 heterocycles. The van der Waals surface area contributed by atoms with E-state index < -0.39 is 0 Å². The monoisotopic (exact) mass is 325 g/mol. The summed E-state index contributed by atoms with van der Waals surface area (Å²) in [6.07, 6.45) is 0.868. The van der Waals surface area contributed by atoms with E-state index in [0.29, 0.717) is 12.2 Å². The lowest BCUT2D eigenvalue weighted by Gasteiger charge is -2.09. The van der Waals surface area contributed by atoms with Crippen LogP contribution >= 0.6 is 15.9 Å². The minimum atomic E-state index is -0.236. The molecule has 0 amide bonds. The number of halogens is 2. The van der Waals surface area contributed by atoms with Gasteiger partial charge in [-0.3, -0.25) is 4.68 Å². The van der Waals surface area contributed by atoms with Crippen molar-refractivity contribution in [2.75, 3.05) is 5.32 Å². The van der Waals surface area contributed by atoms with Gasteiger partial charge >= 0.3 is 0 Å². The molecule has 19 heavy (non-hydrogen) atoms. The standard InChI is InChI=1S/C14H17BrFN3/c1-4-11-14(15)13(19(3)18-11)8-17-12-7-9(2)5-6-10(12)16/h5-7,17H,4,8H2,1-3H3. The van der Waals surface area contributed by atoms with Crippen molar-refractivity contribution >= 4 is 21.6 Å². The van der Waals surface area contributed by atoms with E-state index in [-0.39, 0.29) is 5.82 Å². The lowest BCUT2D eigenvalue weighted by molar-refractivity contribution is 0.628. The van der Waals surface area contributed by atoms with Gasteiger partial charge < -0.3 is 5.32 Å². The fourth-order valence-electron chi connectivity index (χ4n) is 1.97. The molecule has 0 bridgehead atoms. The number of aryl methyl sites for hydroxylation is 3. The lowest BCUT2D eigenvalue weighted by Crippen LogP contribution is -2.07. The van der Waals surface area contributed by atoms with Crippen molar-refractivity contribution in [2.24, 2.45) is 7.05 Å². The van der Waals surface area contributed by atoms with Crippen molar-refractivity contribution in [3.8, 4) is 0 Å². The van der Waals surface area contributed by atoms with Crippen LogP contribution in [0, 0.1) is 12.7 Å². The quantitative estimate of drug-likeness (QED) is 0.926. The van der Waals surface area contributed by atoms with Crippen molar-refractivity contribution in [3.63, 3.8) is 0 Å². The van der Waals surface area contributed by atoms with Gasteiger partial charge in [-0.15, -0.1) is 0 Å². The predicted octanol–water partition coefficient (Wildman–Crippen LogP) is 3.80. The van der Waals surface area contributed by atoms with E-state index in [1.807, 2.05) is 18.7 Å². The average Bonchev–Trinajstić information content (AvgIpc) is 2.66. The van der Waals surface area contributed by atoms with Crippen LogP contribution in [-0.2, 0) is 20.0 Å². The maximum Gasteiger partial charge on any atom is 0.146 e. The highest BCUT2D eigenvalue weighted by Crippen LogP contribution is 2.23. The first kappa shape index (κ1) is 14.1. The summed E-state index contributed by atoms with van der Waals surface area (Å²) >= 11 is 3.55. The predicted molar refractivity (Wildman–Crippen MR) is 78.7 cm³/mol. The number of nitrogens with zero attached hydrogens (tertiary/aromatic N) is 2. The molecule has 0 radical (unpaired) electrons. The Labute approximate surface area is 121 Å². The molecule has 0 aliphatic heterocycles. The molecule has 2 rings (SSSR count). The first-order valence-corrected chi connectivity index (χ1v) is 7.02. The summed E-state index contributed by atoms with van der Waals surface area (Å²) in [5, 5.41) is 7.54. The molecule has 1 aromatic carbocycles. The molecule has 0 aliphatic rings. The van der Waals surface area contributed by atoms with Crippen LogP contribution < -0.4 is 5.32 Å². The molecular weight excluding hydrogens is 309 g/mol. The van der Waals surface area contributed by atoms with Gasteiger partial charge in [0.05, 0.1) is 28.1 Å². The number of benzene rings is 1. The summed E-state index contributed by atoms with van der Waals surface area (Å²) in [5.74, 6) is -0.236. The highest BCUT2D eigenvalue weighted by Gasteiger charge is 2.12. The van der Waals surface area contributed by atoms with Crippen LogP contribution in [0.4, 0.5) is 10.1 Å². The first-order valence-electron chi connectivity index (χ1n) is 6.23. The van der Waals surface area contributed by atoms with Crippen LogP contribution in [-0.4, -0.2) is 9.78 Å². The summed E-state index contributed by atoms with van der Waals surface area (Å²) in [4.78, 5) is 0. The Morgan fingerprint density at radius 3 is 2.79 bits per heavy atom. The van der Waals surface area contributed by atoms with Gasteiger partial charge in [-0.2, -0.15) is 5.10 Å². The zero-order valence-electron chi connectivity index (χ0n) is 11.3. The van der Waals surface area contributed by atoms with Crippen molar-refractivity contribution < 1.29 is 4.39 Å². The van der Waals surface area contributed by atoms with Gasteiger partial charge in [0.1, 0.15) is 5.82 Å². The van der Waals surface area contributed by atoms with E-state index in [2.05, 4.69) is 33.3 Å². The summed E-state index contributed by atoms with van der Waals surface area (Å²) < 4.78 is 16.5. The molecule has 1 N–H and O–H groups in total. The Morgan fingerprint density at radius 1 is 1.42 bits per heavy atom. The van der Waals surface area contributed by atoms with Gasteiger partial charge in [0.25, 0.3) is 0 Å². The zero-order valence-corrected chi connectivity index (χ0v) is 12.9. The Bertz CT molecular complexity index is 593. The van der Waals surface area contributed by atoms with Gasteiger partial charge in [0, 0.05) is 7.05 Å². The minimum absolute atomic E-state index is 0.236. The Balaban J connectivity index is 2.19. The van der Waals surface area contributed by atoms with Crippen LogP contribution in [0.25, 0.3) is 0 Å². The molecule has 0 saturated carbocycles. The largest absolute Gasteiger partial charge is 0.377 e. The van der Waals surface area contributed by atoms with Gasteiger partial charge in [-0.25, -0.2) is 4.39 Å². The maximum absolute atomic E-state index is 13.6. The molecule has 0 atom stereocenters. The molecule has 0 unspecified atom stereocenters. The van der Waals surface area contributed by atoms with Gasteiger partial charge in [0.2, 0.25) is 0 Å². The van der Waals surface area contributed by atoms with E-state index in [9.17, 15) is 4.39 Å². The normalized spacial score (nSPS) is 10.8. The molecule has 0 fully saturated rings. The van der Waals surface area contributed by atoms with E-state index in [1.54, 1.807) is 12.1 Å². The highest BCUT2D eigenvalue weighted by molar-refractivity contribution is 9.10. The number of aromatic nitrogens is 2. The molecule has 102 valence electrons. The van der Waals surface area contributed by atoms with E-state index >= 15 is 0 Å². The average molecular weight is 326 g/mol. The number of hydrogen-bond acceptors (Lipinski definition) is 2. The third kappa shape index (κ3) is 2.97. The minimum Gasteiger partial charge on any atom is -0.377 e. The molecule has 3 nitrogen and oxygen atoms in total. The van der Waals surface area contributed by atoms with Gasteiger partial charge in [-0.1, -0.05) is 13.0 Å². The van der Waals surface area contributed by atoms with Crippen LogP contribution in [0.5, 0.6) is 0 Å². The van der Waals surface area contributed by atoms with Crippen molar-refractivity contribution in [1.82, 2.24) is 9.78 Å². The van der Waals surface area contributed by atoms with E-state index in [4.69, 9.17) is 0 Å². The van der Waals surface area contributed by atoms with Crippen LogP contribution in [0.2, 0.25) is 0 Å². The highest BCUT2D eigenvalue weighted by atomic mass is 79.9.